The van der Waals surface area contributed by atoms with E-state index in [1.54, 1.807) is 0 Å². The number of nitrogens with one attached hydrogen (secondary N) is 2. The highest BCUT2D eigenvalue weighted by atomic mass is 31.0. The Morgan fingerprint density at radius 2 is 1.81 bits per heavy atom. The number of fused-ring (bicyclic) bond motifs is 1. The van der Waals surface area contributed by atoms with Crippen molar-refractivity contribution in [2.24, 2.45) is 0 Å². The maximum atomic E-state index is 5.10. The van der Waals surface area contributed by atoms with E-state index in [1.165, 1.54) is 49.2 Å². The van der Waals surface area contributed by atoms with Gasteiger partial charge in [0.05, 0.1) is 5.69 Å². The third-order valence-electron chi connectivity index (χ3n) is 7.22. The molecule has 1 atom stereocenters. The molecule has 0 radical (unpaired) electrons. The van der Waals surface area contributed by atoms with Crippen molar-refractivity contribution in [2.45, 2.75) is 46.0 Å². The maximum Gasteiger partial charge on any atom is 0.141 e. The lowest BCUT2D eigenvalue weighted by molar-refractivity contribution is 0.224. The average molecular weight is 513 g/mol. The molecule has 0 bridgehead atoms. The second-order valence-corrected chi connectivity index (χ2v) is 10.0. The number of nitrogens with zero attached hydrogens (tertiary/aromatic N) is 2. The van der Waals surface area contributed by atoms with Gasteiger partial charge in [0.25, 0.3) is 0 Å². The Kier molecular flexibility index (Phi) is 9.55. The summed E-state index contributed by atoms with van der Waals surface area (Å²) in [4.78, 5) is 7.67. The molecule has 3 heterocycles. The van der Waals surface area contributed by atoms with Gasteiger partial charge in [-0.05, 0) is 85.4 Å². The van der Waals surface area contributed by atoms with Gasteiger partial charge in [-0.1, -0.05) is 63.7 Å². The number of likely N-dealkylation sites (tertiary alicyclic amines) is 1. The van der Waals surface area contributed by atoms with Crippen LogP contribution in [-0.2, 0) is 6.42 Å². The third kappa shape index (κ3) is 6.32. The minimum Gasteiger partial charge on any atom is -0.362 e. The molecule has 5 rings (SSSR count). The molecule has 37 heavy (non-hydrogen) atoms. The standard InChI is InChI=1S/C30H35N4P.C2H6/c1-3-22-6-4-5-7-27(22)28-20-25-12-15-31-21(2)29(25)30(33-28)32-26-10-8-23(9-11-26)24-13-16-34(17-14-24)18-19-35;1-2/h4-12,15,20,24,31H,2-3,13-14,16-19,35H2,1H3,(H,32,33);1-2H3. The number of benzene rings is 2. The predicted molar refractivity (Wildman–Crippen MR) is 164 cm³/mol. The van der Waals surface area contributed by atoms with Crippen molar-refractivity contribution in [1.29, 1.82) is 0 Å². The number of hydrogen-bond donors (Lipinski definition) is 2. The van der Waals surface area contributed by atoms with Crippen LogP contribution in [0.25, 0.3) is 23.0 Å². The van der Waals surface area contributed by atoms with Gasteiger partial charge in [0.15, 0.2) is 0 Å². The molecular weight excluding hydrogens is 471 g/mol. The van der Waals surface area contributed by atoms with Crippen LogP contribution in [0.2, 0.25) is 0 Å². The van der Waals surface area contributed by atoms with E-state index in [0.29, 0.717) is 5.92 Å². The van der Waals surface area contributed by atoms with Crippen molar-refractivity contribution in [2.75, 3.05) is 31.1 Å². The van der Waals surface area contributed by atoms with Crippen molar-refractivity contribution >= 4 is 32.5 Å². The van der Waals surface area contributed by atoms with E-state index in [1.807, 2.05) is 20.0 Å². The molecule has 0 spiro atoms. The van der Waals surface area contributed by atoms with Crippen LogP contribution in [0, 0.1) is 0 Å². The first-order valence-corrected chi connectivity index (χ1v) is 14.5. The van der Waals surface area contributed by atoms with E-state index in [0.717, 1.165) is 46.6 Å². The van der Waals surface area contributed by atoms with Crippen molar-refractivity contribution in [3.63, 3.8) is 0 Å². The molecular formula is C32H41N4P. The number of pyridine rings is 1. The zero-order chi connectivity index (χ0) is 26.2. The molecule has 1 unspecified atom stereocenters. The molecule has 2 aliphatic rings. The van der Waals surface area contributed by atoms with E-state index >= 15 is 0 Å². The monoisotopic (exact) mass is 512 g/mol. The van der Waals surface area contributed by atoms with Crippen LogP contribution in [0.15, 0.2) is 67.4 Å². The Hall–Kier alpha value is -2.94. The van der Waals surface area contributed by atoms with Crippen LogP contribution in [-0.4, -0.2) is 35.7 Å². The molecule has 1 saturated heterocycles. The molecule has 1 fully saturated rings. The van der Waals surface area contributed by atoms with E-state index < -0.39 is 0 Å². The second-order valence-electron chi connectivity index (χ2n) is 9.44. The van der Waals surface area contributed by atoms with Crippen molar-refractivity contribution in [3.8, 4) is 11.3 Å². The summed E-state index contributed by atoms with van der Waals surface area (Å²) in [6.07, 6.45) is 8.66. The summed E-state index contributed by atoms with van der Waals surface area (Å²) in [5, 5.41) is 6.86. The molecule has 1 aromatic heterocycles. The van der Waals surface area contributed by atoms with Crippen molar-refractivity contribution < 1.29 is 0 Å². The number of anilines is 2. The van der Waals surface area contributed by atoms with Crippen LogP contribution in [0.1, 0.15) is 61.8 Å². The highest BCUT2D eigenvalue weighted by Crippen LogP contribution is 2.35. The Morgan fingerprint density at radius 3 is 2.51 bits per heavy atom. The quantitative estimate of drug-likeness (QED) is 0.319. The first-order valence-electron chi connectivity index (χ1n) is 13.7. The Labute approximate surface area is 225 Å². The first-order chi connectivity index (χ1) is 18.2. The van der Waals surface area contributed by atoms with Gasteiger partial charge in [-0.2, -0.15) is 0 Å². The van der Waals surface area contributed by atoms with Gasteiger partial charge in [-0.3, -0.25) is 0 Å². The molecule has 194 valence electrons. The normalized spacial score (nSPS) is 15.4. The van der Waals surface area contributed by atoms with Gasteiger partial charge in [-0.15, -0.1) is 9.24 Å². The largest absolute Gasteiger partial charge is 0.362 e. The zero-order valence-electron chi connectivity index (χ0n) is 22.6. The van der Waals surface area contributed by atoms with Crippen molar-refractivity contribution in [3.05, 3.63) is 89.6 Å². The summed E-state index contributed by atoms with van der Waals surface area (Å²) in [7, 11) is 2.84. The van der Waals surface area contributed by atoms with Crippen LogP contribution >= 0.6 is 9.24 Å². The lowest BCUT2D eigenvalue weighted by Crippen LogP contribution is -2.34. The summed E-state index contributed by atoms with van der Waals surface area (Å²) in [5.41, 5.74) is 8.97. The van der Waals surface area contributed by atoms with Gasteiger partial charge in [-0.25, -0.2) is 4.98 Å². The Bertz CT molecular complexity index is 1220. The van der Waals surface area contributed by atoms with Gasteiger partial charge in [0, 0.05) is 35.3 Å². The minimum absolute atomic E-state index is 0.652. The molecule has 2 aromatic carbocycles. The zero-order valence-corrected chi connectivity index (χ0v) is 23.7. The molecule has 2 aliphatic heterocycles. The van der Waals surface area contributed by atoms with Crippen molar-refractivity contribution in [1.82, 2.24) is 15.2 Å². The molecule has 5 heteroatoms. The molecule has 0 aliphatic carbocycles. The average Bonchev–Trinajstić information content (AvgIpc) is 2.95. The number of aromatic nitrogens is 1. The smallest absolute Gasteiger partial charge is 0.141 e. The highest BCUT2D eigenvalue weighted by molar-refractivity contribution is 7.16. The summed E-state index contributed by atoms with van der Waals surface area (Å²) in [6, 6.07) is 19.7. The van der Waals surface area contributed by atoms with E-state index in [2.05, 4.69) is 98.9 Å². The molecule has 0 amide bonds. The van der Waals surface area contributed by atoms with Crippen LogP contribution in [0.3, 0.4) is 0 Å². The molecule has 0 saturated carbocycles. The van der Waals surface area contributed by atoms with E-state index in [4.69, 9.17) is 4.98 Å². The highest BCUT2D eigenvalue weighted by Gasteiger charge is 2.21. The van der Waals surface area contributed by atoms with Gasteiger partial charge in [0.2, 0.25) is 0 Å². The minimum atomic E-state index is 0.652. The SMILES string of the molecule is C=C1NC=Cc2cc(-c3ccccc3CC)nc(Nc3ccc(C4CCN(CCP)CC4)cc3)c21.CC. The molecule has 2 N–H and O–H groups in total. The topological polar surface area (TPSA) is 40.2 Å². The number of piperidine rings is 1. The molecule has 4 nitrogen and oxygen atoms in total. The van der Waals surface area contributed by atoms with Gasteiger partial charge >= 0.3 is 0 Å². The summed E-state index contributed by atoms with van der Waals surface area (Å²) in [5.74, 6) is 1.49. The Morgan fingerprint density at radius 1 is 1.08 bits per heavy atom. The summed E-state index contributed by atoms with van der Waals surface area (Å²) < 4.78 is 0. The number of hydrogen-bond acceptors (Lipinski definition) is 4. The summed E-state index contributed by atoms with van der Waals surface area (Å²) >= 11 is 0. The predicted octanol–water partition coefficient (Wildman–Crippen LogP) is 7.68. The third-order valence-corrected chi connectivity index (χ3v) is 7.48. The van der Waals surface area contributed by atoms with Crippen LogP contribution < -0.4 is 10.6 Å². The van der Waals surface area contributed by atoms with Gasteiger partial charge in [0.1, 0.15) is 5.82 Å². The lowest BCUT2D eigenvalue weighted by atomic mass is 9.89. The molecule has 3 aromatic rings. The second kappa shape index (κ2) is 13.0. The summed E-state index contributed by atoms with van der Waals surface area (Å²) in [6.45, 7) is 14.0. The van der Waals surface area contributed by atoms with Crippen LogP contribution in [0.5, 0.6) is 0 Å². The number of rotatable bonds is 7. The van der Waals surface area contributed by atoms with Gasteiger partial charge < -0.3 is 15.5 Å². The number of aryl methyl sites for hydroxylation is 1. The lowest BCUT2D eigenvalue weighted by Gasteiger charge is -2.32. The maximum absolute atomic E-state index is 5.10. The Balaban J connectivity index is 0.00000156. The fourth-order valence-corrected chi connectivity index (χ4v) is 5.64. The fourth-order valence-electron chi connectivity index (χ4n) is 5.27. The van der Waals surface area contributed by atoms with E-state index in [9.17, 15) is 0 Å². The van der Waals surface area contributed by atoms with Crippen LogP contribution in [0.4, 0.5) is 11.5 Å². The van der Waals surface area contributed by atoms with E-state index in [-0.39, 0.29) is 0 Å². The first kappa shape index (κ1) is 27.1. The fraction of sp³-hybridized carbons (Fsp3) is 0.344.